The van der Waals surface area contributed by atoms with Gasteiger partial charge >= 0.3 is 0 Å². The number of hydrogen-bond donors (Lipinski definition) is 0. The average molecular weight is 481 g/mol. The van der Waals surface area contributed by atoms with E-state index in [-0.39, 0.29) is 0 Å². The van der Waals surface area contributed by atoms with Crippen LogP contribution in [0.4, 0.5) is 8.78 Å². The number of halogens is 2. The van der Waals surface area contributed by atoms with Crippen LogP contribution in [0.5, 0.6) is 11.5 Å². The number of benzene rings is 1. The van der Waals surface area contributed by atoms with Crippen molar-refractivity contribution in [2.45, 2.75) is 117 Å². The molecule has 0 aliphatic heterocycles. The zero-order valence-electron chi connectivity index (χ0n) is 21.2. The van der Waals surface area contributed by atoms with Gasteiger partial charge in [-0.2, -0.15) is 0 Å². The van der Waals surface area contributed by atoms with Crippen LogP contribution in [0.3, 0.4) is 0 Å². The van der Waals surface area contributed by atoms with Gasteiger partial charge in [0, 0.05) is 13.8 Å². The minimum atomic E-state index is -1.44. The van der Waals surface area contributed by atoms with E-state index in [1.807, 2.05) is 12.1 Å². The summed E-state index contributed by atoms with van der Waals surface area (Å²) in [4.78, 5) is 0. The Balaban J connectivity index is 1.44. The van der Waals surface area contributed by atoms with E-state index in [0.29, 0.717) is 11.5 Å². The number of ether oxygens (including phenoxy) is 2. The maximum atomic E-state index is 13.6. The van der Waals surface area contributed by atoms with Crippen LogP contribution in [-0.4, -0.2) is 22.2 Å². The van der Waals surface area contributed by atoms with E-state index in [1.54, 1.807) is 6.07 Å². The second-order valence-corrected chi connectivity index (χ2v) is 12.5. The molecule has 2 aliphatic rings. The maximum absolute atomic E-state index is 13.6. The first kappa shape index (κ1) is 26.5. The van der Waals surface area contributed by atoms with Crippen molar-refractivity contribution in [2.24, 2.45) is 23.7 Å². The Kier molecular flexibility index (Phi) is 11.0. The molecule has 1 aromatic rings. The van der Waals surface area contributed by atoms with Crippen molar-refractivity contribution in [1.29, 1.82) is 0 Å². The Hall–Kier alpha value is -1.10. The highest BCUT2D eigenvalue weighted by Crippen LogP contribution is 2.43. The molecule has 5 heteroatoms. The van der Waals surface area contributed by atoms with Crippen molar-refractivity contribution in [2.75, 3.05) is 0 Å². The van der Waals surface area contributed by atoms with Crippen molar-refractivity contribution < 1.29 is 18.3 Å². The summed E-state index contributed by atoms with van der Waals surface area (Å²) in [7, 11) is -0.635. The fourth-order valence-electron chi connectivity index (χ4n) is 6.26. The quantitative estimate of drug-likeness (QED) is 0.228. The molecule has 0 aromatic heterocycles. The van der Waals surface area contributed by atoms with Gasteiger partial charge in [0.2, 0.25) is 12.7 Å². The van der Waals surface area contributed by atoms with Crippen LogP contribution in [0.2, 0.25) is 6.04 Å². The third kappa shape index (κ3) is 8.56. The Morgan fingerprint density at radius 3 is 2.03 bits per heavy atom. The molecule has 2 atom stereocenters. The zero-order valence-corrected chi connectivity index (χ0v) is 22.6. The summed E-state index contributed by atoms with van der Waals surface area (Å²) in [5, 5.41) is 1.06. The molecule has 2 aliphatic carbocycles. The highest BCUT2D eigenvalue weighted by molar-refractivity contribution is 6.54. The zero-order chi connectivity index (χ0) is 23.6. The Labute approximate surface area is 203 Å². The van der Waals surface area contributed by atoms with Gasteiger partial charge in [-0.15, -0.1) is 0 Å². The van der Waals surface area contributed by atoms with Gasteiger partial charge in [0.05, 0.1) is 9.52 Å². The molecule has 0 bridgehead atoms. The van der Waals surface area contributed by atoms with Crippen LogP contribution in [0, 0.1) is 23.7 Å². The van der Waals surface area contributed by atoms with Crippen molar-refractivity contribution in [3.8, 4) is 11.5 Å². The normalized spacial score (nSPS) is 28.0. The van der Waals surface area contributed by atoms with E-state index in [9.17, 15) is 8.78 Å². The summed E-state index contributed by atoms with van der Waals surface area (Å²) in [5.74, 6) is 4.43. The molecule has 1 aromatic carbocycles. The summed E-state index contributed by atoms with van der Waals surface area (Å²) in [6, 6.07) is 6.79. The molecule has 0 radical (unpaired) electrons. The molecule has 2 saturated carbocycles. The SMILES string of the molecule is CCCCC[C@H]1CC[C@H](C2CCC(C[SiH2]c3cccc(OC(C)F)c3OC(C)F)CC2)CC1. The molecule has 3 rings (SSSR count). The third-order valence-electron chi connectivity index (χ3n) is 8.12. The topological polar surface area (TPSA) is 18.5 Å². The Bertz CT molecular complexity index is 680. The predicted molar refractivity (Wildman–Crippen MR) is 137 cm³/mol. The smallest absolute Gasteiger partial charge is 0.236 e. The lowest BCUT2D eigenvalue weighted by molar-refractivity contribution is 0.0592. The molecule has 2 fully saturated rings. The lowest BCUT2D eigenvalue weighted by atomic mass is 9.69. The molecule has 188 valence electrons. The van der Waals surface area contributed by atoms with E-state index in [2.05, 4.69) is 6.92 Å². The summed E-state index contributed by atoms with van der Waals surface area (Å²) in [6.45, 7) is 5.00. The molecule has 2 unspecified atom stereocenters. The number of unbranched alkanes of at least 4 members (excludes halogenated alkanes) is 2. The minimum absolute atomic E-state index is 0.327. The summed E-state index contributed by atoms with van der Waals surface area (Å²) in [5.41, 5.74) is 0. The molecule has 0 spiro atoms. The van der Waals surface area contributed by atoms with E-state index in [4.69, 9.17) is 9.47 Å². The van der Waals surface area contributed by atoms with Gasteiger partial charge in [0.25, 0.3) is 0 Å². The molecule has 0 amide bonds. The second-order valence-electron chi connectivity index (χ2n) is 10.7. The Morgan fingerprint density at radius 1 is 0.848 bits per heavy atom. The number of para-hydroxylation sites is 1. The lowest BCUT2D eigenvalue weighted by Gasteiger charge is -2.38. The van der Waals surface area contributed by atoms with E-state index in [1.165, 1.54) is 96.9 Å². The number of hydrogen-bond acceptors (Lipinski definition) is 2. The Morgan fingerprint density at radius 2 is 1.45 bits per heavy atom. The molecule has 0 saturated heterocycles. The van der Waals surface area contributed by atoms with Gasteiger partial charge in [-0.1, -0.05) is 76.5 Å². The van der Waals surface area contributed by atoms with Crippen LogP contribution in [0.25, 0.3) is 0 Å². The van der Waals surface area contributed by atoms with Crippen LogP contribution >= 0.6 is 0 Å². The van der Waals surface area contributed by atoms with Crippen molar-refractivity contribution in [3.05, 3.63) is 18.2 Å². The molecular weight excluding hydrogens is 434 g/mol. The monoisotopic (exact) mass is 480 g/mol. The highest BCUT2D eigenvalue weighted by atomic mass is 28.2. The third-order valence-corrected chi connectivity index (χ3v) is 10.3. The van der Waals surface area contributed by atoms with Crippen molar-refractivity contribution in [1.82, 2.24) is 0 Å². The van der Waals surface area contributed by atoms with Crippen molar-refractivity contribution >= 4 is 14.7 Å². The largest absolute Gasteiger partial charge is 0.457 e. The fraction of sp³-hybridized carbons (Fsp3) is 0.786. The van der Waals surface area contributed by atoms with Crippen molar-refractivity contribution in [3.63, 3.8) is 0 Å². The second kappa shape index (κ2) is 13.7. The first-order valence-electron chi connectivity index (χ1n) is 13.7. The van der Waals surface area contributed by atoms with Gasteiger partial charge in [0.15, 0.2) is 11.5 Å². The summed E-state index contributed by atoms with van der Waals surface area (Å²) in [6.07, 6.45) is 14.0. The van der Waals surface area contributed by atoms with Crippen LogP contribution in [-0.2, 0) is 0 Å². The molecule has 0 heterocycles. The average Bonchev–Trinajstić information content (AvgIpc) is 2.80. The summed E-state index contributed by atoms with van der Waals surface area (Å²) < 4.78 is 37.8. The molecular formula is C28H46F2O2Si. The maximum Gasteiger partial charge on any atom is 0.236 e. The number of alkyl halides is 2. The van der Waals surface area contributed by atoms with Gasteiger partial charge < -0.3 is 9.47 Å². The number of rotatable bonds is 12. The predicted octanol–water partition coefficient (Wildman–Crippen LogP) is 7.48. The van der Waals surface area contributed by atoms with Crippen LogP contribution in [0.1, 0.15) is 97.8 Å². The lowest BCUT2D eigenvalue weighted by Crippen LogP contribution is -2.28. The fourth-order valence-corrected chi connectivity index (χ4v) is 8.35. The minimum Gasteiger partial charge on any atom is -0.457 e. The standard InChI is InChI=1S/C28H46F2O2Si/c1-4-5-6-8-22-11-15-24(16-12-22)25-17-13-23(14-18-25)19-33-27-10-7-9-26(31-20(2)29)28(27)32-21(3)30/h7,9-10,20-25H,4-6,8,11-19,33H2,1-3H3/t20?,21?,22-,23?,24-,25?. The molecule has 0 N–H and O–H groups in total. The first-order chi connectivity index (χ1) is 16.0. The summed E-state index contributed by atoms with van der Waals surface area (Å²) >= 11 is 0. The highest BCUT2D eigenvalue weighted by Gasteiger charge is 2.31. The molecule has 2 nitrogen and oxygen atoms in total. The van der Waals surface area contributed by atoms with E-state index < -0.39 is 22.2 Å². The van der Waals surface area contributed by atoms with Crippen LogP contribution < -0.4 is 14.7 Å². The van der Waals surface area contributed by atoms with Crippen LogP contribution in [0.15, 0.2) is 18.2 Å². The van der Waals surface area contributed by atoms with Gasteiger partial charge in [-0.05, 0) is 60.6 Å². The van der Waals surface area contributed by atoms with E-state index in [0.717, 1.165) is 28.9 Å². The van der Waals surface area contributed by atoms with Gasteiger partial charge in [-0.3, -0.25) is 0 Å². The first-order valence-corrected chi connectivity index (χ1v) is 15.4. The molecule has 33 heavy (non-hydrogen) atoms. The van der Waals surface area contributed by atoms with Gasteiger partial charge in [-0.25, -0.2) is 8.78 Å². The van der Waals surface area contributed by atoms with E-state index >= 15 is 0 Å². The van der Waals surface area contributed by atoms with Gasteiger partial charge in [0.1, 0.15) is 0 Å².